The number of aliphatic hydroxyl groups excluding tert-OH is 1. The van der Waals surface area contributed by atoms with Gasteiger partial charge in [-0.1, -0.05) is 52.0 Å². The van der Waals surface area contributed by atoms with Crippen LogP contribution in [0.4, 0.5) is 9.59 Å². The van der Waals surface area contributed by atoms with Crippen LogP contribution in [0.25, 0.3) is 55.1 Å². The summed E-state index contributed by atoms with van der Waals surface area (Å²) in [5.41, 5.74) is 8.68. The minimum atomic E-state index is -0.984. The van der Waals surface area contributed by atoms with Gasteiger partial charge in [-0.3, -0.25) is 9.69 Å². The molecule has 9 rings (SSSR count). The number of alkyl carbamates (subject to hydrolysis) is 2. The van der Waals surface area contributed by atoms with Crippen LogP contribution in [0.5, 0.6) is 5.75 Å². The molecule has 1 unspecified atom stereocenters. The highest BCUT2D eigenvalue weighted by molar-refractivity contribution is 6.07. The Hall–Kier alpha value is -6.23. The van der Waals surface area contributed by atoms with Gasteiger partial charge < -0.3 is 49.6 Å². The summed E-state index contributed by atoms with van der Waals surface area (Å²) in [7, 11) is 4.30. The minimum Gasteiger partial charge on any atom is -0.488 e. The topological polar surface area (TPSA) is 196 Å². The summed E-state index contributed by atoms with van der Waals surface area (Å²) in [6.45, 7) is 9.84. The smallest absolute Gasteiger partial charge is 0.407 e. The second-order valence-corrected chi connectivity index (χ2v) is 18.3. The highest BCUT2D eigenvalue weighted by atomic mass is 16.5. The van der Waals surface area contributed by atoms with E-state index in [-0.39, 0.29) is 35.7 Å². The van der Waals surface area contributed by atoms with Crippen molar-refractivity contribution in [3.05, 3.63) is 77.9 Å². The zero-order chi connectivity index (χ0) is 45.7. The van der Waals surface area contributed by atoms with Crippen molar-refractivity contribution in [3.63, 3.8) is 0 Å². The maximum atomic E-state index is 13.7. The molecule has 0 bridgehead atoms. The molecule has 342 valence electrons. The van der Waals surface area contributed by atoms with Gasteiger partial charge in [-0.2, -0.15) is 0 Å². The summed E-state index contributed by atoms with van der Waals surface area (Å²) in [5, 5.41) is 19.3. The molecule has 2 saturated heterocycles. The number of nitrogens with one attached hydrogen (secondary N) is 4. The van der Waals surface area contributed by atoms with Crippen LogP contribution < -0.4 is 15.4 Å². The van der Waals surface area contributed by atoms with Crippen LogP contribution in [0.1, 0.15) is 76.3 Å². The third kappa shape index (κ3) is 8.34. The predicted octanol–water partition coefficient (Wildman–Crippen LogP) is 7.57. The third-order valence-electron chi connectivity index (χ3n) is 13.4. The molecule has 16 nitrogen and oxygen atoms in total. The fourth-order valence-electron chi connectivity index (χ4n) is 10.1. The SMILES string of the molecule is COC[C@H]1C[C@@H](c2nc3c(ccc4cc5c(cc43)OCc3cc(-c4ccc6nc([C@@H]7CCCN7C(=O)[C@@H](NC(=O)OC)C(C)C)[nH]c6c4)ccc3-5)[nH]2)N(C(O)[C@@H](NC(=O)OC)C(C)C)C1. The molecule has 0 spiro atoms. The molecule has 4 aromatic carbocycles. The van der Waals surface area contributed by atoms with Gasteiger partial charge in [0.05, 0.1) is 61.0 Å². The Morgan fingerprint density at radius 2 is 1.58 bits per heavy atom. The summed E-state index contributed by atoms with van der Waals surface area (Å²) in [6, 6.07) is 19.3. The molecule has 2 fully saturated rings. The van der Waals surface area contributed by atoms with Crippen LogP contribution in [-0.4, -0.2) is 112 Å². The van der Waals surface area contributed by atoms with Crippen LogP contribution in [0, 0.1) is 17.8 Å². The van der Waals surface area contributed by atoms with Crippen molar-refractivity contribution >= 4 is 50.9 Å². The van der Waals surface area contributed by atoms with Gasteiger partial charge in [-0.15, -0.1) is 0 Å². The lowest BCUT2D eigenvalue weighted by molar-refractivity contribution is -0.135. The zero-order valence-corrected chi connectivity index (χ0v) is 37.9. The number of hydrogen-bond acceptors (Lipinski definition) is 11. The number of methoxy groups -OCH3 is 3. The number of H-pyrrole nitrogens is 2. The fourth-order valence-corrected chi connectivity index (χ4v) is 10.1. The maximum Gasteiger partial charge on any atom is 0.407 e. The fraction of sp³-hybridized carbons (Fsp3) is 0.449. The van der Waals surface area contributed by atoms with Crippen molar-refractivity contribution in [1.29, 1.82) is 0 Å². The van der Waals surface area contributed by atoms with Gasteiger partial charge in [0.2, 0.25) is 5.91 Å². The highest BCUT2D eigenvalue weighted by Crippen LogP contribution is 2.44. The molecule has 16 heteroatoms. The number of fused-ring (bicyclic) bond motifs is 7. The van der Waals surface area contributed by atoms with E-state index in [1.54, 1.807) is 7.11 Å². The van der Waals surface area contributed by atoms with E-state index in [9.17, 15) is 19.5 Å². The van der Waals surface area contributed by atoms with Gasteiger partial charge in [0.15, 0.2) is 0 Å². The first-order valence-corrected chi connectivity index (χ1v) is 22.5. The van der Waals surface area contributed by atoms with E-state index >= 15 is 0 Å². The first-order chi connectivity index (χ1) is 31.3. The average Bonchev–Trinajstić information content (AvgIpc) is 4.14. The van der Waals surface area contributed by atoms with E-state index in [0.29, 0.717) is 26.3 Å². The number of imidazole rings is 2. The molecule has 0 aliphatic carbocycles. The van der Waals surface area contributed by atoms with Crippen LogP contribution in [0.15, 0.2) is 60.7 Å². The quantitative estimate of drug-likeness (QED) is 0.0813. The Morgan fingerprint density at radius 3 is 2.34 bits per heavy atom. The normalized spacial score (nSPS) is 19.9. The number of ether oxygens (including phenoxy) is 4. The molecule has 5 N–H and O–H groups in total. The lowest BCUT2D eigenvalue weighted by Crippen LogP contribution is -2.54. The largest absolute Gasteiger partial charge is 0.488 e. The number of benzene rings is 4. The molecule has 2 aromatic heterocycles. The van der Waals surface area contributed by atoms with Crippen molar-refractivity contribution in [2.24, 2.45) is 17.8 Å². The van der Waals surface area contributed by atoms with Gasteiger partial charge >= 0.3 is 12.2 Å². The monoisotopic (exact) mass is 886 g/mol. The molecule has 3 aliphatic rings. The Morgan fingerprint density at radius 1 is 0.846 bits per heavy atom. The van der Waals surface area contributed by atoms with Crippen molar-refractivity contribution in [2.75, 3.05) is 41.0 Å². The van der Waals surface area contributed by atoms with Crippen LogP contribution in [-0.2, 0) is 25.6 Å². The van der Waals surface area contributed by atoms with Crippen LogP contribution in [0.2, 0.25) is 0 Å². The number of nitrogens with zero attached hydrogens (tertiary/aromatic N) is 4. The standard InChI is InChI=1S/C49H58N8O8/c1-25(2)41(54-48(60)63-6)46(58)56-16-8-9-38(56)44-50-35-14-11-29(20-37(35)52-44)28-10-13-32-31(18-28)24-65-40-21-33-30(19-34(32)40)12-15-36-43(33)53-45(51-36)39-17-27(23-62-5)22-57(39)47(59)42(26(3)4)55-49(61)64-7/h10-15,18-21,25-27,38-39,41-42,47,59H,8-9,16-17,22-24H2,1-7H3,(H,50,52)(H,51,53)(H,54,60)(H,55,61)/t27-,38-,39-,41-,42-,47?/m0/s1. The van der Waals surface area contributed by atoms with E-state index in [0.717, 1.165) is 97.3 Å². The van der Waals surface area contributed by atoms with E-state index in [1.807, 2.05) is 43.6 Å². The summed E-state index contributed by atoms with van der Waals surface area (Å²) >= 11 is 0. The maximum absolute atomic E-state index is 13.7. The van der Waals surface area contributed by atoms with E-state index < -0.39 is 30.5 Å². The number of carbonyl (C=O) groups excluding carboxylic acids is 3. The minimum absolute atomic E-state index is 0.0628. The Balaban J connectivity index is 0.970. The summed E-state index contributed by atoms with van der Waals surface area (Å²) in [4.78, 5) is 59.1. The van der Waals surface area contributed by atoms with Gasteiger partial charge in [0.1, 0.15) is 36.3 Å². The molecule has 0 radical (unpaired) electrons. The lowest BCUT2D eigenvalue weighted by atomic mass is 9.91. The molecule has 6 atom stereocenters. The Bertz CT molecular complexity index is 2770. The van der Waals surface area contributed by atoms with Crippen molar-refractivity contribution in [2.45, 2.75) is 84.0 Å². The number of likely N-dealkylation sites (tertiary alicyclic amines) is 2. The number of aromatic nitrogens is 4. The van der Waals surface area contributed by atoms with Gasteiger partial charge in [-0.25, -0.2) is 19.6 Å². The second-order valence-electron chi connectivity index (χ2n) is 18.3. The molecular weight excluding hydrogens is 829 g/mol. The van der Waals surface area contributed by atoms with Crippen molar-refractivity contribution < 1.29 is 38.4 Å². The lowest BCUT2D eigenvalue weighted by Gasteiger charge is -2.35. The summed E-state index contributed by atoms with van der Waals surface area (Å²) in [6.07, 6.45) is 0.135. The number of aliphatic hydroxyl groups is 1. The Labute approximate surface area is 377 Å². The highest BCUT2D eigenvalue weighted by Gasteiger charge is 2.43. The van der Waals surface area contributed by atoms with Gasteiger partial charge in [0, 0.05) is 31.1 Å². The van der Waals surface area contributed by atoms with Gasteiger partial charge in [-0.05, 0) is 101 Å². The third-order valence-corrected chi connectivity index (χ3v) is 13.4. The van der Waals surface area contributed by atoms with E-state index in [2.05, 4.69) is 75.2 Å². The number of carbonyl (C=O) groups is 3. The number of amides is 3. The first-order valence-electron chi connectivity index (χ1n) is 22.5. The molecule has 6 aromatic rings. The number of aromatic amines is 2. The van der Waals surface area contributed by atoms with Crippen molar-refractivity contribution in [1.82, 2.24) is 40.4 Å². The van der Waals surface area contributed by atoms with E-state index in [1.165, 1.54) is 14.2 Å². The van der Waals surface area contributed by atoms with Crippen LogP contribution in [0.3, 0.4) is 0 Å². The molecular formula is C49H58N8O8. The second kappa shape index (κ2) is 18.0. The summed E-state index contributed by atoms with van der Waals surface area (Å²) in [5.74, 6) is 2.10. The Kier molecular flexibility index (Phi) is 12.2. The first kappa shape index (κ1) is 44.0. The zero-order valence-electron chi connectivity index (χ0n) is 37.9. The molecule has 0 saturated carbocycles. The van der Waals surface area contributed by atoms with Crippen molar-refractivity contribution in [3.8, 4) is 28.0 Å². The number of hydrogen-bond donors (Lipinski definition) is 5. The molecule has 65 heavy (non-hydrogen) atoms. The summed E-state index contributed by atoms with van der Waals surface area (Å²) < 4.78 is 21.7. The number of rotatable bonds is 12. The molecule has 5 heterocycles. The predicted molar refractivity (Wildman–Crippen MR) is 246 cm³/mol. The van der Waals surface area contributed by atoms with Crippen LogP contribution >= 0.6 is 0 Å². The molecule has 3 amide bonds. The molecule has 3 aliphatic heterocycles. The average molecular weight is 887 g/mol. The van der Waals surface area contributed by atoms with E-state index in [4.69, 9.17) is 28.9 Å². The van der Waals surface area contributed by atoms with Gasteiger partial charge in [0.25, 0.3) is 0 Å².